The zero-order chi connectivity index (χ0) is 10.9. The smallest absolute Gasteiger partial charge is 0.0522 e. The van der Waals surface area contributed by atoms with E-state index in [-0.39, 0.29) is 5.54 Å². The highest BCUT2D eigenvalue weighted by atomic mass is 15.2. The van der Waals surface area contributed by atoms with E-state index in [2.05, 4.69) is 18.2 Å². The van der Waals surface area contributed by atoms with E-state index in [0.29, 0.717) is 0 Å². The number of nitrogens with two attached hydrogens (primary N) is 1. The Morgan fingerprint density at radius 3 is 3.00 bits per heavy atom. The fraction of sp³-hybridized carbons (Fsp3) is 0.750. The molecule has 1 saturated carbocycles. The van der Waals surface area contributed by atoms with Crippen molar-refractivity contribution in [3.8, 4) is 0 Å². The highest BCUT2D eigenvalue weighted by Crippen LogP contribution is 2.36. The summed E-state index contributed by atoms with van der Waals surface area (Å²) in [5, 5.41) is 4.19. The normalized spacial score (nSPS) is 31.0. The van der Waals surface area contributed by atoms with Gasteiger partial charge in [-0.3, -0.25) is 4.68 Å². The van der Waals surface area contributed by atoms with Crippen molar-refractivity contribution >= 4 is 0 Å². The highest BCUT2D eigenvalue weighted by Gasteiger charge is 2.34. The van der Waals surface area contributed by atoms with Crippen LogP contribution in [0.2, 0.25) is 0 Å². The fourth-order valence-corrected chi connectivity index (χ4v) is 2.75. The molecule has 1 aliphatic carbocycles. The van der Waals surface area contributed by atoms with Crippen LogP contribution >= 0.6 is 0 Å². The van der Waals surface area contributed by atoms with Crippen molar-refractivity contribution in [2.45, 2.75) is 44.6 Å². The average molecular weight is 207 g/mol. The Kier molecular flexibility index (Phi) is 2.83. The van der Waals surface area contributed by atoms with Crippen LogP contribution in [0.3, 0.4) is 0 Å². The Hall–Kier alpha value is -0.830. The predicted octanol–water partition coefficient (Wildman–Crippen LogP) is 1.87. The SMILES string of the molecule is CCC1CCC(N)(Cc2cnn(C)c2)C1. The predicted molar refractivity (Wildman–Crippen MR) is 61.5 cm³/mol. The van der Waals surface area contributed by atoms with Gasteiger partial charge in [0, 0.05) is 18.8 Å². The lowest BCUT2D eigenvalue weighted by molar-refractivity contribution is 0.407. The summed E-state index contributed by atoms with van der Waals surface area (Å²) in [5.74, 6) is 0.840. The molecule has 0 bridgehead atoms. The van der Waals surface area contributed by atoms with Crippen LogP contribution in [0.1, 0.15) is 38.2 Å². The zero-order valence-electron chi connectivity index (χ0n) is 9.74. The Bertz CT molecular complexity index is 331. The van der Waals surface area contributed by atoms with Gasteiger partial charge >= 0.3 is 0 Å². The van der Waals surface area contributed by atoms with Gasteiger partial charge in [-0.15, -0.1) is 0 Å². The molecule has 3 heteroatoms. The number of rotatable bonds is 3. The largest absolute Gasteiger partial charge is 0.325 e. The maximum atomic E-state index is 6.43. The minimum Gasteiger partial charge on any atom is -0.325 e. The second kappa shape index (κ2) is 3.97. The molecule has 1 fully saturated rings. The molecule has 1 aliphatic rings. The zero-order valence-corrected chi connectivity index (χ0v) is 9.74. The van der Waals surface area contributed by atoms with E-state index in [1.807, 2.05) is 17.9 Å². The molecule has 0 amide bonds. The number of aromatic nitrogens is 2. The fourth-order valence-electron chi connectivity index (χ4n) is 2.75. The first kappa shape index (κ1) is 10.7. The lowest BCUT2D eigenvalue weighted by Crippen LogP contribution is -2.39. The average Bonchev–Trinajstić information content (AvgIpc) is 2.74. The van der Waals surface area contributed by atoms with E-state index in [4.69, 9.17) is 5.73 Å². The third-order valence-electron chi connectivity index (χ3n) is 3.64. The molecule has 1 heterocycles. The van der Waals surface area contributed by atoms with Crippen LogP contribution in [-0.4, -0.2) is 15.3 Å². The molecule has 2 atom stereocenters. The van der Waals surface area contributed by atoms with Crippen LogP contribution in [0.15, 0.2) is 12.4 Å². The van der Waals surface area contributed by atoms with Gasteiger partial charge in [0.25, 0.3) is 0 Å². The summed E-state index contributed by atoms with van der Waals surface area (Å²) in [7, 11) is 1.95. The van der Waals surface area contributed by atoms with Gasteiger partial charge in [-0.25, -0.2) is 0 Å². The van der Waals surface area contributed by atoms with Crippen molar-refractivity contribution in [2.75, 3.05) is 0 Å². The molecule has 1 aromatic rings. The topological polar surface area (TPSA) is 43.8 Å². The molecular weight excluding hydrogens is 186 g/mol. The van der Waals surface area contributed by atoms with Crippen LogP contribution in [0.4, 0.5) is 0 Å². The second-order valence-electron chi connectivity index (χ2n) is 5.08. The monoisotopic (exact) mass is 207 g/mol. The molecule has 2 unspecified atom stereocenters. The van der Waals surface area contributed by atoms with Crippen molar-refractivity contribution in [2.24, 2.45) is 18.7 Å². The summed E-state index contributed by atoms with van der Waals surface area (Å²) in [5.41, 5.74) is 7.74. The first-order valence-corrected chi connectivity index (χ1v) is 5.88. The van der Waals surface area contributed by atoms with E-state index >= 15 is 0 Å². The van der Waals surface area contributed by atoms with Crippen LogP contribution in [0.5, 0.6) is 0 Å². The van der Waals surface area contributed by atoms with E-state index in [1.54, 1.807) is 0 Å². The summed E-state index contributed by atoms with van der Waals surface area (Å²) in [6.07, 6.45) is 9.91. The standard InChI is InChI=1S/C12H21N3/c1-3-10-4-5-12(13,6-10)7-11-8-14-15(2)9-11/h8-10H,3-7,13H2,1-2H3. The van der Waals surface area contributed by atoms with Gasteiger partial charge < -0.3 is 5.73 Å². The first-order valence-electron chi connectivity index (χ1n) is 5.88. The maximum absolute atomic E-state index is 6.43. The quantitative estimate of drug-likeness (QED) is 0.822. The van der Waals surface area contributed by atoms with Gasteiger partial charge in [-0.05, 0) is 37.2 Å². The number of hydrogen-bond donors (Lipinski definition) is 1. The van der Waals surface area contributed by atoms with Crippen LogP contribution in [0, 0.1) is 5.92 Å². The summed E-state index contributed by atoms with van der Waals surface area (Å²) in [6.45, 7) is 2.26. The molecule has 0 aliphatic heterocycles. The van der Waals surface area contributed by atoms with Crippen molar-refractivity contribution in [3.63, 3.8) is 0 Å². The molecule has 0 aromatic carbocycles. The van der Waals surface area contributed by atoms with Crippen LogP contribution in [-0.2, 0) is 13.5 Å². The minimum atomic E-state index is 0.0315. The molecule has 2 N–H and O–H groups in total. The Morgan fingerprint density at radius 2 is 2.47 bits per heavy atom. The van der Waals surface area contributed by atoms with E-state index in [1.165, 1.54) is 31.2 Å². The minimum absolute atomic E-state index is 0.0315. The molecule has 3 nitrogen and oxygen atoms in total. The molecule has 2 rings (SSSR count). The van der Waals surface area contributed by atoms with Gasteiger partial charge in [-0.1, -0.05) is 13.3 Å². The van der Waals surface area contributed by atoms with Gasteiger partial charge in [0.2, 0.25) is 0 Å². The van der Waals surface area contributed by atoms with Gasteiger partial charge in [0.15, 0.2) is 0 Å². The summed E-state index contributed by atoms with van der Waals surface area (Å²) >= 11 is 0. The van der Waals surface area contributed by atoms with E-state index in [9.17, 15) is 0 Å². The van der Waals surface area contributed by atoms with Crippen molar-refractivity contribution < 1.29 is 0 Å². The summed E-state index contributed by atoms with van der Waals surface area (Å²) < 4.78 is 1.85. The molecule has 0 radical (unpaired) electrons. The Balaban J connectivity index is 2.00. The van der Waals surface area contributed by atoms with Crippen LogP contribution < -0.4 is 5.73 Å². The molecule has 1 aromatic heterocycles. The third kappa shape index (κ3) is 2.40. The molecule has 0 saturated heterocycles. The highest BCUT2D eigenvalue weighted by molar-refractivity contribution is 5.11. The maximum Gasteiger partial charge on any atom is 0.0522 e. The second-order valence-corrected chi connectivity index (χ2v) is 5.08. The van der Waals surface area contributed by atoms with Crippen molar-refractivity contribution in [1.29, 1.82) is 0 Å². The Morgan fingerprint density at radius 1 is 1.67 bits per heavy atom. The van der Waals surface area contributed by atoms with E-state index < -0.39 is 0 Å². The summed E-state index contributed by atoms with van der Waals surface area (Å²) in [6, 6.07) is 0. The molecule has 84 valence electrons. The lowest BCUT2D eigenvalue weighted by Gasteiger charge is -2.23. The molecule has 0 spiro atoms. The first-order chi connectivity index (χ1) is 7.11. The molecular formula is C12H21N3. The van der Waals surface area contributed by atoms with Gasteiger partial charge in [0.05, 0.1) is 6.20 Å². The molecule has 15 heavy (non-hydrogen) atoms. The van der Waals surface area contributed by atoms with Crippen LogP contribution in [0.25, 0.3) is 0 Å². The van der Waals surface area contributed by atoms with E-state index in [0.717, 1.165) is 12.3 Å². The van der Waals surface area contributed by atoms with Crippen molar-refractivity contribution in [1.82, 2.24) is 9.78 Å². The number of nitrogens with zero attached hydrogens (tertiary/aromatic N) is 2. The summed E-state index contributed by atoms with van der Waals surface area (Å²) in [4.78, 5) is 0. The number of hydrogen-bond acceptors (Lipinski definition) is 2. The van der Waals surface area contributed by atoms with Gasteiger partial charge in [-0.2, -0.15) is 5.10 Å². The lowest BCUT2D eigenvalue weighted by atomic mass is 9.90. The van der Waals surface area contributed by atoms with Crippen molar-refractivity contribution in [3.05, 3.63) is 18.0 Å². The Labute approximate surface area is 91.7 Å². The number of aryl methyl sites for hydroxylation is 1. The third-order valence-corrected chi connectivity index (χ3v) is 3.64. The van der Waals surface area contributed by atoms with Gasteiger partial charge in [0.1, 0.15) is 0 Å².